The number of benzene rings is 1. The zero-order chi connectivity index (χ0) is 14.8. The molecule has 5 nitrogen and oxygen atoms in total. The predicted octanol–water partition coefficient (Wildman–Crippen LogP) is 1.33. The van der Waals surface area contributed by atoms with Gasteiger partial charge in [0.1, 0.15) is 5.75 Å². The molecule has 0 atom stereocenters. The molecule has 0 amide bonds. The first-order valence-corrected chi connectivity index (χ1v) is 8.31. The molecule has 0 N–H and O–H groups in total. The first-order valence-electron chi connectivity index (χ1n) is 6.87. The molecule has 1 saturated heterocycles. The van der Waals surface area contributed by atoms with Gasteiger partial charge in [0.2, 0.25) is 10.0 Å². The van der Waals surface area contributed by atoms with Gasteiger partial charge >= 0.3 is 0 Å². The molecule has 20 heavy (non-hydrogen) atoms. The molecule has 0 saturated carbocycles. The number of hydrogen-bond acceptors (Lipinski definition) is 4. The molecule has 0 unspecified atom stereocenters. The molecule has 0 aliphatic carbocycles. The molecule has 0 bridgehead atoms. The normalized spacial score (nSPS) is 18.1. The van der Waals surface area contributed by atoms with Gasteiger partial charge < -0.3 is 9.64 Å². The van der Waals surface area contributed by atoms with Crippen LogP contribution in [0.2, 0.25) is 0 Å². The third-order valence-electron chi connectivity index (χ3n) is 3.54. The fourth-order valence-corrected chi connectivity index (χ4v) is 3.96. The highest BCUT2D eigenvalue weighted by Gasteiger charge is 2.28. The average Bonchev–Trinajstić information content (AvgIpc) is 2.39. The maximum atomic E-state index is 12.7. The lowest BCUT2D eigenvalue weighted by Crippen LogP contribution is -2.47. The summed E-state index contributed by atoms with van der Waals surface area (Å²) in [5.41, 5.74) is 0.731. The third-order valence-corrected chi connectivity index (χ3v) is 5.60. The van der Waals surface area contributed by atoms with Crippen LogP contribution < -0.4 is 4.74 Å². The van der Waals surface area contributed by atoms with Crippen molar-refractivity contribution in [2.75, 3.05) is 39.8 Å². The number of ether oxygens (including phenoxy) is 1. The Morgan fingerprint density at radius 3 is 2.40 bits per heavy atom. The van der Waals surface area contributed by atoms with Crippen LogP contribution in [-0.2, 0) is 10.0 Å². The Labute approximate surface area is 121 Å². The lowest BCUT2D eigenvalue weighted by atomic mass is 10.2. The van der Waals surface area contributed by atoms with E-state index in [0.29, 0.717) is 30.3 Å². The number of aryl methyl sites for hydroxylation is 1. The van der Waals surface area contributed by atoms with Crippen LogP contribution in [0.1, 0.15) is 12.5 Å². The van der Waals surface area contributed by atoms with Crippen LogP contribution in [0.15, 0.2) is 23.1 Å². The molecule has 0 spiro atoms. The summed E-state index contributed by atoms with van der Waals surface area (Å²) in [4.78, 5) is 2.52. The van der Waals surface area contributed by atoms with Gasteiger partial charge in [0.15, 0.2) is 0 Å². The van der Waals surface area contributed by atoms with E-state index < -0.39 is 10.0 Å². The molecule has 112 valence electrons. The van der Waals surface area contributed by atoms with Gasteiger partial charge in [0.25, 0.3) is 0 Å². The van der Waals surface area contributed by atoms with E-state index in [-0.39, 0.29) is 0 Å². The second kappa shape index (κ2) is 6.11. The van der Waals surface area contributed by atoms with Crippen molar-refractivity contribution in [1.82, 2.24) is 9.21 Å². The first kappa shape index (κ1) is 15.3. The molecule has 0 radical (unpaired) electrons. The highest BCUT2D eigenvalue weighted by molar-refractivity contribution is 7.89. The van der Waals surface area contributed by atoms with E-state index in [1.165, 1.54) is 0 Å². The van der Waals surface area contributed by atoms with Crippen LogP contribution in [0.25, 0.3) is 0 Å². The topological polar surface area (TPSA) is 49.9 Å². The first-order chi connectivity index (χ1) is 9.45. The molecule has 1 fully saturated rings. The highest BCUT2D eigenvalue weighted by Crippen LogP contribution is 2.24. The Kier molecular flexibility index (Phi) is 4.67. The zero-order valence-electron chi connectivity index (χ0n) is 12.3. The summed E-state index contributed by atoms with van der Waals surface area (Å²) in [5, 5.41) is 0. The van der Waals surface area contributed by atoms with Crippen molar-refractivity contribution >= 4 is 10.0 Å². The van der Waals surface area contributed by atoms with E-state index in [1.807, 2.05) is 20.9 Å². The molecular weight excluding hydrogens is 276 g/mol. The summed E-state index contributed by atoms with van der Waals surface area (Å²) < 4.78 is 32.3. The van der Waals surface area contributed by atoms with Crippen molar-refractivity contribution in [3.63, 3.8) is 0 Å². The minimum atomic E-state index is -3.40. The molecule has 2 rings (SSSR count). The molecule has 1 aromatic carbocycles. The quantitative estimate of drug-likeness (QED) is 0.841. The highest BCUT2D eigenvalue weighted by atomic mass is 32.2. The van der Waals surface area contributed by atoms with Crippen molar-refractivity contribution in [2.45, 2.75) is 18.7 Å². The van der Waals surface area contributed by atoms with E-state index in [0.717, 1.165) is 18.7 Å². The minimum absolute atomic E-state index is 0.380. The second-order valence-corrected chi connectivity index (χ2v) is 6.97. The molecular formula is C14H22N2O3S. The Morgan fingerprint density at radius 2 is 1.85 bits per heavy atom. The SMILES string of the molecule is CCOc1ccc(S(=O)(=O)N2CCN(C)CC2)c(C)c1. The van der Waals surface area contributed by atoms with Gasteiger partial charge in [-0.1, -0.05) is 0 Å². The molecule has 1 aromatic rings. The number of rotatable bonds is 4. The standard InChI is InChI=1S/C14H22N2O3S/c1-4-19-13-5-6-14(12(2)11-13)20(17,18)16-9-7-15(3)8-10-16/h5-6,11H,4,7-10H2,1-3H3. The molecule has 6 heteroatoms. The maximum absolute atomic E-state index is 12.7. The van der Waals surface area contributed by atoms with Gasteiger partial charge in [0.05, 0.1) is 11.5 Å². The van der Waals surface area contributed by atoms with Crippen LogP contribution >= 0.6 is 0 Å². The fraction of sp³-hybridized carbons (Fsp3) is 0.571. The van der Waals surface area contributed by atoms with Crippen molar-refractivity contribution in [2.24, 2.45) is 0 Å². The third kappa shape index (κ3) is 3.13. The van der Waals surface area contributed by atoms with E-state index >= 15 is 0 Å². The fourth-order valence-electron chi connectivity index (χ4n) is 2.34. The number of sulfonamides is 1. The molecule has 0 aromatic heterocycles. The van der Waals surface area contributed by atoms with Gasteiger partial charge in [-0.05, 0) is 44.7 Å². The Hall–Kier alpha value is -1.11. The van der Waals surface area contributed by atoms with Crippen LogP contribution in [0.4, 0.5) is 0 Å². The summed E-state index contributed by atoms with van der Waals surface area (Å²) in [6.45, 7) is 6.93. The van der Waals surface area contributed by atoms with Crippen LogP contribution in [0.3, 0.4) is 0 Å². The summed E-state index contributed by atoms with van der Waals surface area (Å²) in [7, 11) is -1.39. The number of hydrogen-bond donors (Lipinski definition) is 0. The lowest BCUT2D eigenvalue weighted by molar-refractivity contribution is 0.222. The lowest BCUT2D eigenvalue weighted by Gasteiger charge is -2.31. The van der Waals surface area contributed by atoms with Gasteiger partial charge in [-0.15, -0.1) is 0 Å². The van der Waals surface area contributed by atoms with E-state index in [1.54, 1.807) is 22.5 Å². The Balaban J connectivity index is 2.25. The maximum Gasteiger partial charge on any atom is 0.243 e. The van der Waals surface area contributed by atoms with Gasteiger partial charge in [-0.25, -0.2) is 8.42 Å². The minimum Gasteiger partial charge on any atom is -0.494 e. The molecule has 1 aliphatic heterocycles. The zero-order valence-corrected chi connectivity index (χ0v) is 13.1. The number of piperazine rings is 1. The average molecular weight is 298 g/mol. The van der Waals surface area contributed by atoms with Crippen LogP contribution in [0, 0.1) is 6.92 Å². The summed E-state index contributed by atoms with van der Waals surface area (Å²) in [5.74, 6) is 0.710. The summed E-state index contributed by atoms with van der Waals surface area (Å²) in [6, 6.07) is 5.15. The van der Waals surface area contributed by atoms with E-state index in [2.05, 4.69) is 4.90 Å². The predicted molar refractivity (Wildman–Crippen MR) is 78.6 cm³/mol. The van der Waals surface area contributed by atoms with Crippen LogP contribution in [-0.4, -0.2) is 57.5 Å². The summed E-state index contributed by atoms with van der Waals surface area (Å²) in [6.07, 6.45) is 0. The van der Waals surface area contributed by atoms with Crippen LogP contribution in [0.5, 0.6) is 5.75 Å². The van der Waals surface area contributed by atoms with Gasteiger partial charge in [0, 0.05) is 26.2 Å². The second-order valence-electron chi connectivity index (χ2n) is 5.07. The Morgan fingerprint density at radius 1 is 1.20 bits per heavy atom. The summed E-state index contributed by atoms with van der Waals surface area (Å²) >= 11 is 0. The smallest absolute Gasteiger partial charge is 0.243 e. The Bertz CT molecular complexity index is 564. The van der Waals surface area contributed by atoms with Crippen molar-refractivity contribution in [3.05, 3.63) is 23.8 Å². The largest absolute Gasteiger partial charge is 0.494 e. The van der Waals surface area contributed by atoms with Crippen molar-refractivity contribution in [3.8, 4) is 5.75 Å². The van der Waals surface area contributed by atoms with Crippen molar-refractivity contribution in [1.29, 1.82) is 0 Å². The van der Waals surface area contributed by atoms with Crippen molar-refractivity contribution < 1.29 is 13.2 Å². The van der Waals surface area contributed by atoms with E-state index in [4.69, 9.17) is 4.74 Å². The monoisotopic (exact) mass is 298 g/mol. The molecule has 1 heterocycles. The van der Waals surface area contributed by atoms with Gasteiger partial charge in [-0.2, -0.15) is 4.31 Å². The molecule has 1 aliphatic rings. The number of nitrogens with zero attached hydrogens (tertiary/aromatic N) is 2. The number of likely N-dealkylation sites (N-methyl/N-ethyl adjacent to an activating group) is 1. The van der Waals surface area contributed by atoms with E-state index in [9.17, 15) is 8.42 Å². The van der Waals surface area contributed by atoms with Gasteiger partial charge in [-0.3, -0.25) is 0 Å².